The molecular formula is C23H27N5O3. The number of aromatic nitrogens is 3. The second-order valence-electron chi connectivity index (χ2n) is 8.43. The SMILES string of the molecule is CC(C)n1ncc2c(C(=O)N3CCN(C)CC3)cc(-c3ccc4c(c3)OCCO4)nc21. The van der Waals surface area contributed by atoms with Crippen molar-refractivity contribution in [2.45, 2.75) is 19.9 Å². The number of piperazine rings is 1. The summed E-state index contributed by atoms with van der Waals surface area (Å²) in [6.07, 6.45) is 1.76. The van der Waals surface area contributed by atoms with Crippen molar-refractivity contribution in [3.63, 3.8) is 0 Å². The zero-order valence-corrected chi connectivity index (χ0v) is 18.2. The summed E-state index contributed by atoms with van der Waals surface area (Å²) in [5.41, 5.74) is 2.98. The summed E-state index contributed by atoms with van der Waals surface area (Å²) < 4.78 is 13.3. The molecule has 1 saturated heterocycles. The van der Waals surface area contributed by atoms with Gasteiger partial charge in [-0.1, -0.05) is 0 Å². The van der Waals surface area contributed by atoms with Gasteiger partial charge in [0.1, 0.15) is 13.2 Å². The zero-order valence-electron chi connectivity index (χ0n) is 18.2. The summed E-state index contributed by atoms with van der Waals surface area (Å²) >= 11 is 0. The van der Waals surface area contributed by atoms with Gasteiger partial charge in [0.25, 0.3) is 5.91 Å². The number of carbonyl (C=O) groups is 1. The van der Waals surface area contributed by atoms with Crippen LogP contribution in [-0.2, 0) is 0 Å². The van der Waals surface area contributed by atoms with Gasteiger partial charge in [-0.05, 0) is 45.2 Å². The van der Waals surface area contributed by atoms with Crippen LogP contribution in [0.1, 0.15) is 30.2 Å². The molecule has 1 fully saturated rings. The quantitative estimate of drug-likeness (QED) is 0.648. The number of nitrogens with zero attached hydrogens (tertiary/aromatic N) is 5. The first-order chi connectivity index (χ1) is 15.0. The van der Waals surface area contributed by atoms with E-state index in [1.807, 2.05) is 33.8 Å². The number of rotatable bonds is 3. The fraction of sp³-hybridized carbons (Fsp3) is 0.435. The first kappa shape index (κ1) is 19.8. The van der Waals surface area contributed by atoms with Crippen molar-refractivity contribution in [2.24, 2.45) is 0 Å². The van der Waals surface area contributed by atoms with E-state index in [9.17, 15) is 4.79 Å². The van der Waals surface area contributed by atoms with Gasteiger partial charge >= 0.3 is 0 Å². The summed E-state index contributed by atoms with van der Waals surface area (Å²) in [6.45, 7) is 8.39. The summed E-state index contributed by atoms with van der Waals surface area (Å²) in [7, 11) is 2.08. The van der Waals surface area contributed by atoms with Gasteiger partial charge in [-0.15, -0.1) is 0 Å². The lowest BCUT2D eigenvalue weighted by Gasteiger charge is -2.32. The Morgan fingerprint density at radius 1 is 1.03 bits per heavy atom. The molecule has 0 atom stereocenters. The minimum atomic E-state index is 0.0302. The van der Waals surface area contributed by atoms with Crippen molar-refractivity contribution in [3.05, 3.63) is 36.0 Å². The van der Waals surface area contributed by atoms with Crippen LogP contribution < -0.4 is 9.47 Å². The lowest BCUT2D eigenvalue weighted by atomic mass is 10.0. The third-order valence-corrected chi connectivity index (χ3v) is 5.91. The molecule has 8 nitrogen and oxygen atoms in total. The normalized spacial score (nSPS) is 16.8. The van der Waals surface area contributed by atoms with Crippen LogP contribution in [0.4, 0.5) is 0 Å². The van der Waals surface area contributed by atoms with Gasteiger partial charge in [0.05, 0.1) is 22.8 Å². The van der Waals surface area contributed by atoms with Gasteiger partial charge in [0, 0.05) is 37.8 Å². The third-order valence-electron chi connectivity index (χ3n) is 5.91. The predicted molar refractivity (Wildman–Crippen MR) is 118 cm³/mol. The third kappa shape index (κ3) is 3.61. The van der Waals surface area contributed by atoms with E-state index in [0.717, 1.165) is 54.2 Å². The molecule has 3 aromatic rings. The molecule has 0 aliphatic carbocycles. The standard InChI is InChI=1S/C23H27N5O3/c1-15(2)28-22-18(14-24-28)17(23(29)27-8-6-26(3)7-9-27)13-19(25-22)16-4-5-20-21(12-16)31-11-10-30-20/h4-5,12-15H,6-11H2,1-3H3. The number of benzene rings is 1. The summed E-state index contributed by atoms with van der Waals surface area (Å²) in [5.74, 6) is 1.47. The lowest BCUT2D eigenvalue weighted by molar-refractivity contribution is 0.0666. The van der Waals surface area contributed by atoms with Crippen molar-refractivity contribution in [1.29, 1.82) is 0 Å². The van der Waals surface area contributed by atoms with Crippen molar-refractivity contribution in [2.75, 3.05) is 46.4 Å². The highest BCUT2D eigenvalue weighted by Gasteiger charge is 2.25. The van der Waals surface area contributed by atoms with Crippen LogP contribution in [0, 0.1) is 0 Å². The van der Waals surface area contributed by atoms with Crippen LogP contribution >= 0.6 is 0 Å². The minimum absolute atomic E-state index is 0.0302. The molecule has 162 valence electrons. The maximum absolute atomic E-state index is 13.5. The Hall–Kier alpha value is -3.13. The van der Waals surface area contributed by atoms with E-state index in [-0.39, 0.29) is 11.9 Å². The predicted octanol–water partition coefficient (Wildman–Crippen LogP) is 2.84. The van der Waals surface area contributed by atoms with E-state index in [1.54, 1.807) is 6.20 Å². The fourth-order valence-corrected chi connectivity index (χ4v) is 4.10. The lowest BCUT2D eigenvalue weighted by Crippen LogP contribution is -2.47. The van der Waals surface area contributed by atoms with E-state index in [2.05, 4.69) is 30.9 Å². The molecular weight excluding hydrogens is 394 g/mol. The molecule has 2 aliphatic rings. The first-order valence-electron chi connectivity index (χ1n) is 10.8. The second kappa shape index (κ2) is 7.85. The number of carbonyl (C=O) groups excluding carboxylic acids is 1. The van der Waals surface area contributed by atoms with Crippen molar-refractivity contribution < 1.29 is 14.3 Å². The summed E-state index contributed by atoms with van der Waals surface area (Å²) in [5, 5.41) is 5.32. The van der Waals surface area contributed by atoms with Gasteiger partial charge in [-0.2, -0.15) is 5.10 Å². The van der Waals surface area contributed by atoms with Crippen LogP contribution in [0.5, 0.6) is 11.5 Å². The highest BCUT2D eigenvalue weighted by molar-refractivity contribution is 6.06. The molecule has 0 spiro atoms. The highest BCUT2D eigenvalue weighted by atomic mass is 16.6. The molecule has 0 unspecified atom stereocenters. The minimum Gasteiger partial charge on any atom is -0.486 e. The van der Waals surface area contributed by atoms with Crippen molar-refractivity contribution in [3.8, 4) is 22.8 Å². The first-order valence-corrected chi connectivity index (χ1v) is 10.8. The summed E-state index contributed by atoms with van der Waals surface area (Å²) in [6, 6.07) is 7.81. The Labute approximate surface area is 181 Å². The second-order valence-corrected chi connectivity index (χ2v) is 8.43. The van der Waals surface area contributed by atoms with E-state index in [1.165, 1.54) is 0 Å². The average Bonchev–Trinajstić information content (AvgIpc) is 3.22. The molecule has 0 N–H and O–H groups in total. The van der Waals surface area contributed by atoms with E-state index >= 15 is 0 Å². The van der Waals surface area contributed by atoms with E-state index < -0.39 is 0 Å². The number of likely N-dealkylation sites (N-methyl/N-ethyl adjacent to an activating group) is 1. The Morgan fingerprint density at radius 2 is 1.77 bits per heavy atom. The molecule has 1 aromatic carbocycles. The Morgan fingerprint density at radius 3 is 2.52 bits per heavy atom. The average molecular weight is 422 g/mol. The maximum atomic E-state index is 13.5. The van der Waals surface area contributed by atoms with Gasteiger partial charge < -0.3 is 19.3 Å². The van der Waals surface area contributed by atoms with Crippen molar-refractivity contribution >= 4 is 16.9 Å². The molecule has 4 heterocycles. The largest absolute Gasteiger partial charge is 0.486 e. The van der Waals surface area contributed by atoms with Gasteiger partial charge in [-0.3, -0.25) is 4.79 Å². The zero-order chi connectivity index (χ0) is 21.5. The van der Waals surface area contributed by atoms with Crippen LogP contribution in [0.3, 0.4) is 0 Å². The highest BCUT2D eigenvalue weighted by Crippen LogP contribution is 2.35. The van der Waals surface area contributed by atoms with Crippen LogP contribution in [0.2, 0.25) is 0 Å². The molecule has 1 amide bonds. The van der Waals surface area contributed by atoms with Crippen LogP contribution in [-0.4, -0.2) is 76.9 Å². The Bertz CT molecular complexity index is 1130. The number of hydrogen-bond acceptors (Lipinski definition) is 6. The van der Waals surface area contributed by atoms with Crippen LogP contribution in [0.15, 0.2) is 30.5 Å². The number of amides is 1. The Balaban J connectivity index is 1.62. The smallest absolute Gasteiger partial charge is 0.254 e. The number of pyridine rings is 1. The monoisotopic (exact) mass is 421 g/mol. The molecule has 0 bridgehead atoms. The topological polar surface area (TPSA) is 72.7 Å². The molecule has 8 heteroatoms. The molecule has 31 heavy (non-hydrogen) atoms. The molecule has 0 saturated carbocycles. The Kier molecular flexibility index (Phi) is 5.02. The number of fused-ring (bicyclic) bond motifs is 2. The van der Waals surface area contributed by atoms with Crippen molar-refractivity contribution in [1.82, 2.24) is 24.6 Å². The molecule has 2 aliphatic heterocycles. The summed E-state index contributed by atoms with van der Waals surface area (Å²) in [4.78, 5) is 22.6. The number of ether oxygens (including phenoxy) is 2. The van der Waals surface area contributed by atoms with Gasteiger partial charge in [0.15, 0.2) is 17.1 Å². The number of hydrogen-bond donors (Lipinski definition) is 0. The van der Waals surface area contributed by atoms with E-state index in [0.29, 0.717) is 24.5 Å². The fourth-order valence-electron chi connectivity index (χ4n) is 4.10. The van der Waals surface area contributed by atoms with Crippen LogP contribution in [0.25, 0.3) is 22.3 Å². The van der Waals surface area contributed by atoms with E-state index in [4.69, 9.17) is 14.5 Å². The van der Waals surface area contributed by atoms with Gasteiger partial charge in [0.2, 0.25) is 0 Å². The maximum Gasteiger partial charge on any atom is 0.254 e. The molecule has 5 rings (SSSR count). The molecule has 0 radical (unpaired) electrons. The van der Waals surface area contributed by atoms with Gasteiger partial charge in [-0.25, -0.2) is 9.67 Å². The molecule has 2 aromatic heterocycles.